The Hall–Kier alpha value is -3.48. The summed E-state index contributed by atoms with van der Waals surface area (Å²) in [6.45, 7) is 2.11. The number of fused-ring (bicyclic) bond motifs is 7. The average Bonchev–Trinajstić information content (AvgIpc) is 2.96. The van der Waals surface area contributed by atoms with E-state index >= 15 is 0 Å². The summed E-state index contributed by atoms with van der Waals surface area (Å²) >= 11 is 0. The van der Waals surface area contributed by atoms with Crippen LogP contribution in [0.3, 0.4) is 0 Å². The minimum atomic E-state index is -1.30. The van der Waals surface area contributed by atoms with Gasteiger partial charge in [0.05, 0.1) is 5.30 Å². The zero-order chi connectivity index (χ0) is 20.1. The molecule has 0 unspecified atom stereocenters. The lowest BCUT2D eigenvalue weighted by atomic mass is 9.99. The third kappa shape index (κ3) is 2.65. The Labute approximate surface area is 174 Å². The fourth-order valence-corrected chi connectivity index (χ4v) is 5.70. The third-order valence-electron chi connectivity index (χ3n) is 5.71. The molecular formula is C27H19O2P. The molecule has 0 N–H and O–H groups in total. The van der Waals surface area contributed by atoms with Crippen molar-refractivity contribution in [2.75, 3.05) is 0 Å². The first-order valence-electron chi connectivity index (χ1n) is 10.1. The number of hydrogen-bond donors (Lipinski definition) is 0. The summed E-state index contributed by atoms with van der Waals surface area (Å²) < 4.78 is 13.2. The molecule has 0 spiro atoms. The van der Waals surface area contributed by atoms with Gasteiger partial charge < -0.3 is 8.39 Å². The third-order valence-corrected chi connectivity index (χ3v) is 7.33. The quantitative estimate of drug-likeness (QED) is 0.272. The molecule has 0 aliphatic rings. The van der Waals surface area contributed by atoms with Gasteiger partial charge in [-0.15, -0.1) is 0 Å². The topological polar surface area (TPSA) is 26.3 Å². The van der Waals surface area contributed by atoms with Gasteiger partial charge in [-0.05, 0) is 52.2 Å². The van der Waals surface area contributed by atoms with E-state index in [-0.39, 0.29) is 0 Å². The molecule has 6 aromatic rings. The van der Waals surface area contributed by atoms with Crippen LogP contribution in [0.2, 0.25) is 0 Å². The van der Waals surface area contributed by atoms with Crippen LogP contribution in [0.4, 0.5) is 0 Å². The van der Waals surface area contributed by atoms with E-state index in [2.05, 4.69) is 97.9 Å². The highest BCUT2D eigenvalue weighted by atomic mass is 31.1. The SMILES string of the molecule is Cc1ccccc1-p1oc2ccc3ccccc3c2c2c(ccc3ccccc32)o1. The second-order valence-electron chi connectivity index (χ2n) is 7.55. The monoisotopic (exact) mass is 406 g/mol. The van der Waals surface area contributed by atoms with Gasteiger partial charge in [-0.2, -0.15) is 0 Å². The van der Waals surface area contributed by atoms with Crippen LogP contribution in [0.5, 0.6) is 0 Å². The lowest BCUT2D eigenvalue weighted by molar-refractivity contribution is 0.651. The van der Waals surface area contributed by atoms with Crippen LogP contribution in [0.1, 0.15) is 5.56 Å². The van der Waals surface area contributed by atoms with Gasteiger partial charge in [-0.3, -0.25) is 0 Å². The standard InChI is InChI=1S/C27H19O2P/c1-18-8-2-7-13-25(18)30-28-23-16-14-19-9-3-5-11-21(19)26(23)27-22-12-6-4-10-20(22)15-17-24(27)29-30/h2-17H,1H3. The Morgan fingerprint density at radius 2 is 1.03 bits per heavy atom. The van der Waals surface area contributed by atoms with Crippen molar-refractivity contribution in [1.82, 2.24) is 0 Å². The van der Waals surface area contributed by atoms with Crippen LogP contribution in [-0.2, 0) is 0 Å². The minimum Gasteiger partial charge on any atom is -0.416 e. The predicted octanol–water partition coefficient (Wildman–Crippen LogP) is 8.89. The molecule has 0 bridgehead atoms. The molecule has 0 amide bonds. The summed E-state index contributed by atoms with van der Waals surface area (Å²) in [6, 6.07) is 33.7. The van der Waals surface area contributed by atoms with E-state index in [1.54, 1.807) is 0 Å². The van der Waals surface area contributed by atoms with Gasteiger partial charge in [0.1, 0.15) is 11.2 Å². The Morgan fingerprint density at radius 1 is 0.533 bits per heavy atom. The molecule has 3 heteroatoms. The van der Waals surface area contributed by atoms with E-state index in [0.29, 0.717) is 0 Å². The molecule has 1 heterocycles. The number of hydrogen-bond acceptors (Lipinski definition) is 2. The predicted molar refractivity (Wildman–Crippen MR) is 127 cm³/mol. The molecule has 0 radical (unpaired) electrons. The second-order valence-corrected chi connectivity index (χ2v) is 8.91. The van der Waals surface area contributed by atoms with E-state index in [9.17, 15) is 0 Å². The second kappa shape index (κ2) is 6.79. The summed E-state index contributed by atoms with van der Waals surface area (Å²) in [6.07, 6.45) is 0. The number of rotatable bonds is 1. The molecule has 30 heavy (non-hydrogen) atoms. The molecule has 0 saturated carbocycles. The summed E-state index contributed by atoms with van der Waals surface area (Å²) in [5.41, 5.74) is 2.92. The Morgan fingerprint density at radius 3 is 1.60 bits per heavy atom. The minimum absolute atomic E-state index is 0.873. The lowest BCUT2D eigenvalue weighted by Crippen LogP contribution is -1.79. The Bertz CT molecular complexity index is 1510. The summed E-state index contributed by atoms with van der Waals surface area (Å²) in [4.78, 5) is 0. The van der Waals surface area contributed by atoms with Gasteiger partial charge in [0.2, 0.25) is 0 Å². The zero-order valence-electron chi connectivity index (χ0n) is 16.5. The highest BCUT2D eigenvalue weighted by Crippen LogP contribution is 2.46. The molecule has 6 rings (SSSR count). The summed E-state index contributed by atoms with van der Waals surface area (Å²) in [5, 5.41) is 8.07. The van der Waals surface area contributed by atoms with Gasteiger partial charge in [0, 0.05) is 10.8 Å². The first-order chi connectivity index (χ1) is 14.8. The number of aryl methyl sites for hydroxylation is 1. The van der Waals surface area contributed by atoms with Crippen LogP contribution >= 0.6 is 8.01 Å². The first-order valence-corrected chi connectivity index (χ1v) is 11.2. The zero-order valence-corrected chi connectivity index (χ0v) is 17.4. The molecule has 2 nitrogen and oxygen atoms in total. The molecule has 0 saturated heterocycles. The molecular weight excluding hydrogens is 387 g/mol. The van der Waals surface area contributed by atoms with E-state index < -0.39 is 8.01 Å². The highest BCUT2D eigenvalue weighted by Gasteiger charge is 2.14. The maximum Gasteiger partial charge on any atom is 0.253 e. The largest absolute Gasteiger partial charge is 0.416 e. The van der Waals surface area contributed by atoms with E-state index in [1.807, 2.05) is 6.07 Å². The normalized spacial score (nSPS) is 11.5. The summed E-state index contributed by atoms with van der Waals surface area (Å²) in [7, 11) is -1.30. The van der Waals surface area contributed by atoms with E-state index in [1.165, 1.54) is 27.1 Å². The maximum atomic E-state index is 6.61. The first kappa shape index (κ1) is 17.4. The smallest absolute Gasteiger partial charge is 0.253 e. The summed E-state index contributed by atoms with van der Waals surface area (Å²) in [5.74, 6) is 0. The lowest BCUT2D eigenvalue weighted by Gasteiger charge is -2.05. The fourth-order valence-electron chi connectivity index (χ4n) is 4.23. The van der Waals surface area contributed by atoms with Gasteiger partial charge in [0.15, 0.2) is 0 Å². The van der Waals surface area contributed by atoms with Gasteiger partial charge in [-0.1, -0.05) is 78.9 Å². The Balaban J connectivity index is 1.92. The van der Waals surface area contributed by atoms with Crippen molar-refractivity contribution >= 4 is 51.5 Å². The number of benzene rings is 5. The molecule has 5 aromatic carbocycles. The van der Waals surface area contributed by atoms with Crippen molar-refractivity contribution in [1.29, 1.82) is 0 Å². The molecule has 0 atom stereocenters. The van der Waals surface area contributed by atoms with E-state index in [0.717, 1.165) is 27.2 Å². The van der Waals surface area contributed by atoms with Crippen molar-refractivity contribution < 1.29 is 8.39 Å². The molecule has 0 fully saturated rings. The molecule has 0 aliphatic carbocycles. The van der Waals surface area contributed by atoms with Crippen molar-refractivity contribution in [3.63, 3.8) is 0 Å². The van der Waals surface area contributed by atoms with Gasteiger partial charge >= 0.3 is 0 Å². The van der Waals surface area contributed by atoms with Gasteiger partial charge in [0.25, 0.3) is 8.01 Å². The van der Waals surface area contributed by atoms with Crippen LogP contribution in [0.15, 0.2) is 105 Å². The highest BCUT2D eigenvalue weighted by molar-refractivity contribution is 7.45. The molecule has 0 aliphatic heterocycles. The molecule has 1 aromatic heterocycles. The van der Waals surface area contributed by atoms with Crippen molar-refractivity contribution in [3.05, 3.63) is 103 Å². The van der Waals surface area contributed by atoms with Crippen LogP contribution in [-0.4, -0.2) is 0 Å². The van der Waals surface area contributed by atoms with Crippen LogP contribution < -0.4 is 0 Å². The average molecular weight is 406 g/mol. The Kier molecular flexibility index (Phi) is 3.94. The van der Waals surface area contributed by atoms with Crippen molar-refractivity contribution in [2.45, 2.75) is 6.92 Å². The van der Waals surface area contributed by atoms with Gasteiger partial charge in [-0.25, -0.2) is 0 Å². The van der Waals surface area contributed by atoms with Crippen molar-refractivity contribution in [3.8, 4) is 5.30 Å². The fraction of sp³-hybridized carbons (Fsp3) is 0.0370. The van der Waals surface area contributed by atoms with Crippen LogP contribution in [0.25, 0.3) is 48.8 Å². The maximum absolute atomic E-state index is 6.61. The van der Waals surface area contributed by atoms with Crippen molar-refractivity contribution in [2.24, 2.45) is 0 Å². The van der Waals surface area contributed by atoms with E-state index in [4.69, 9.17) is 8.39 Å². The molecule has 144 valence electrons. The van der Waals surface area contributed by atoms with Crippen LogP contribution in [0, 0.1) is 6.92 Å².